The highest BCUT2D eigenvalue weighted by Crippen LogP contribution is 2.21. The molecule has 0 aliphatic heterocycles. The first-order valence-corrected chi connectivity index (χ1v) is 7.45. The van der Waals surface area contributed by atoms with E-state index < -0.39 is 23.6 Å². The normalized spacial score (nSPS) is 12.8. The van der Waals surface area contributed by atoms with Crippen LogP contribution in [0.1, 0.15) is 45.0 Å². The molecule has 0 spiro atoms. The number of nitrogens with zero attached hydrogens (tertiary/aromatic N) is 2. The molecule has 0 saturated heterocycles. The molecule has 5 nitrogen and oxygen atoms in total. The molecule has 1 N–H and O–H groups in total. The van der Waals surface area contributed by atoms with E-state index in [1.807, 2.05) is 13.1 Å². The van der Waals surface area contributed by atoms with Crippen molar-refractivity contribution in [1.82, 2.24) is 14.9 Å². The van der Waals surface area contributed by atoms with Crippen molar-refractivity contribution in [2.45, 2.75) is 46.3 Å². The van der Waals surface area contributed by atoms with Crippen LogP contribution in [0.15, 0.2) is 30.7 Å². The molecule has 1 aromatic carbocycles. The Balaban J connectivity index is 2.12. The van der Waals surface area contributed by atoms with Crippen LogP contribution in [0.4, 0.5) is 9.18 Å². The minimum absolute atomic E-state index is 0.391. The number of alkyl carbamates (subject to hydrolysis) is 1. The van der Waals surface area contributed by atoms with Gasteiger partial charge in [0, 0.05) is 17.4 Å². The lowest BCUT2D eigenvalue weighted by molar-refractivity contribution is 0.0507. The van der Waals surface area contributed by atoms with Gasteiger partial charge in [-0.25, -0.2) is 14.2 Å². The van der Waals surface area contributed by atoms with Gasteiger partial charge < -0.3 is 14.6 Å². The zero-order chi connectivity index (χ0) is 17.2. The molecule has 0 saturated carbocycles. The summed E-state index contributed by atoms with van der Waals surface area (Å²) in [6, 6.07) is 4.36. The van der Waals surface area contributed by atoms with Gasteiger partial charge >= 0.3 is 6.09 Å². The maximum absolute atomic E-state index is 14.4. The second kappa shape index (κ2) is 6.40. The van der Waals surface area contributed by atoms with Gasteiger partial charge in [-0.05, 0) is 46.8 Å². The van der Waals surface area contributed by atoms with E-state index in [1.54, 1.807) is 50.7 Å². The molecular formula is C17H22FN3O2. The summed E-state index contributed by atoms with van der Waals surface area (Å²) in [6.45, 7) is 8.91. The van der Waals surface area contributed by atoms with E-state index in [-0.39, 0.29) is 0 Å². The van der Waals surface area contributed by atoms with Crippen molar-refractivity contribution in [2.24, 2.45) is 0 Å². The maximum Gasteiger partial charge on any atom is 0.408 e. The smallest absolute Gasteiger partial charge is 0.408 e. The van der Waals surface area contributed by atoms with Crippen LogP contribution in [-0.4, -0.2) is 21.2 Å². The Labute approximate surface area is 135 Å². The molecule has 0 aliphatic rings. The van der Waals surface area contributed by atoms with Crippen molar-refractivity contribution >= 4 is 6.09 Å². The molecule has 0 aliphatic carbocycles. The topological polar surface area (TPSA) is 56.2 Å². The van der Waals surface area contributed by atoms with E-state index in [9.17, 15) is 9.18 Å². The molecule has 124 valence electrons. The summed E-state index contributed by atoms with van der Waals surface area (Å²) < 4.78 is 21.3. The fraction of sp³-hybridized carbons (Fsp3) is 0.412. The van der Waals surface area contributed by atoms with Crippen molar-refractivity contribution in [3.63, 3.8) is 0 Å². The Morgan fingerprint density at radius 2 is 2.09 bits per heavy atom. The second-order valence-corrected chi connectivity index (χ2v) is 6.50. The first-order valence-electron chi connectivity index (χ1n) is 7.45. The average molecular weight is 319 g/mol. The number of halogens is 1. The summed E-state index contributed by atoms with van der Waals surface area (Å²) in [5.74, 6) is -0.391. The SMILES string of the molecule is Cc1cn(-c2ccc(C(C)NC(=O)OC(C)(C)C)c(F)c2)cn1. The van der Waals surface area contributed by atoms with Gasteiger partial charge in [0.05, 0.1) is 18.1 Å². The number of imidazole rings is 1. The fourth-order valence-corrected chi connectivity index (χ4v) is 2.15. The second-order valence-electron chi connectivity index (χ2n) is 6.50. The largest absolute Gasteiger partial charge is 0.444 e. The number of aromatic nitrogens is 2. The zero-order valence-corrected chi connectivity index (χ0v) is 14.1. The molecular weight excluding hydrogens is 297 g/mol. The lowest BCUT2D eigenvalue weighted by atomic mass is 10.1. The fourth-order valence-electron chi connectivity index (χ4n) is 2.15. The van der Waals surface area contributed by atoms with Gasteiger partial charge in [-0.1, -0.05) is 6.07 Å². The van der Waals surface area contributed by atoms with Crippen LogP contribution >= 0.6 is 0 Å². The lowest BCUT2D eigenvalue weighted by Gasteiger charge is -2.22. The number of carbonyl (C=O) groups excluding carboxylic acids is 1. The third-order valence-electron chi connectivity index (χ3n) is 3.19. The van der Waals surface area contributed by atoms with Gasteiger partial charge in [0.2, 0.25) is 0 Å². The Morgan fingerprint density at radius 1 is 1.39 bits per heavy atom. The van der Waals surface area contributed by atoms with E-state index in [2.05, 4.69) is 10.3 Å². The Hall–Kier alpha value is -2.37. The highest BCUT2D eigenvalue weighted by Gasteiger charge is 2.20. The number of hydrogen-bond donors (Lipinski definition) is 1. The maximum atomic E-state index is 14.4. The number of carbonyl (C=O) groups is 1. The number of amides is 1. The van der Waals surface area contributed by atoms with Crippen molar-refractivity contribution in [3.8, 4) is 5.69 Å². The number of benzene rings is 1. The summed E-state index contributed by atoms with van der Waals surface area (Å²) in [6.07, 6.45) is 2.88. The summed E-state index contributed by atoms with van der Waals surface area (Å²) in [7, 11) is 0. The molecule has 2 rings (SSSR count). The summed E-state index contributed by atoms with van der Waals surface area (Å²) in [5, 5.41) is 2.64. The predicted molar refractivity (Wildman–Crippen MR) is 86.0 cm³/mol. The molecule has 0 radical (unpaired) electrons. The van der Waals surface area contributed by atoms with Crippen molar-refractivity contribution in [3.05, 3.63) is 47.8 Å². The molecule has 1 unspecified atom stereocenters. The molecule has 6 heteroatoms. The van der Waals surface area contributed by atoms with E-state index >= 15 is 0 Å². The first-order chi connectivity index (χ1) is 10.7. The van der Waals surface area contributed by atoms with Crippen LogP contribution in [0.3, 0.4) is 0 Å². The van der Waals surface area contributed by atoms with Crippen LogP contribution in [0.5, 0.6) is 0 Å². The zero-order valence-electron chi connectivity index (χ0n) is 14.1. The molecule has 1 heterocycles. The standard InChI is InChI=1S/C17H22FN3O2/c1-11-9-21(10-19-11)13-6-7-14(15(18)8-13)12(2)20-16(22)23-17(3,4)5/h6-10,12H,1-5H3,(H,20,22). The van der Waals surface area contributed by atoms with Crippen molar-refractivity contribution < 1.29 is 13.9 Å². The van der Waals surface area contributed by atoms with Crippen LogP contribution < -0.4 is 5.32 Å². The highest BCUT2D eigenvalue weighted by atomic mass is 19.1. The Kier molecular flexibility index (Phi) is 4.73. The van der Waals surface area contributed by atoms with E-state index in [0.29, 0.717) is 11.3 Å². The molecule has 0 fully saturated rings. The highest BCUT2D eigenvalue weighted by molar-refractivity contribution is 5.68. The molecule has 1 atom stereocenters. The number of aryl methyl sites for hydroxylation is 1. The molecule has 1 aromatic heterocycles. The summed E-state index contributed by atoms with van der Waals surface area (Å²) in [4.78, 5) is 15.9. The third kappa shape index (κ3) is 4.55. The Bertz CT molecular complexity index is 704. The molecule has 2 aromatic rings. The summed E-state index contributed by atoms with van der Waals surface area (Å²) in [5.41, 5.74) is 1.34. The van der Waals surface area contributed by atoms with Gasteiger partial charge in [0.1, 0.15) is 11.4 Å². The van der Waals surface area contributed by atoms with E-state index in [0.717, 1.165) is 5.69 Å². The first kappa shape index (κ1) is 17.0. The predicted octanol–water partition coefficient (Wildman–Crippen LogP) is 3.91. The third-order valence-corrected chi connectivity index (χ3v) is 3.19. The number of ether oxygens (including phenoxy) is 1. The van der Waals surface area contributed by atoms with Crippen molar-refractivity contribution in [2.75, 3.05) is 0 Å². The van der Waals surface area contributed by atoms with E-state index in [1.165, 1.54) is 6.07 Å². The molecule has 0 bridgehead atoms. The van der Waals surface area contributed by atoms with Gasteiger partial charge in [-0.3, -0.25) is 0 Å². The minimum Gasteiger partial charge on any atom is -0.444 e. The molecule has 1 amide bonds. The summed E-state index contributed by atoms with van der Waals surface area (Å²) >= 11 is 0. The number of rotatable bonds is 3. The van der Waals surface area contributed by atoms with Crippen LogP contribution in [0.2, 0.25) is 0 Å². The molecule has 23 heavy (non-hydrogen) atoms. The average Bonchev–Trinajstić information content (AvgIpc) is 2.82. The van der Waals surface area contributed by atoms with E-state index in [4.69, 9.17) is 4.74 Å². The Morgan fingerprint density at radius 3 is 2.61 bits per heavy atom. The van der Waals surface area contributed by atoms with Crippen LogP contribution in [0, 0.1) is 12.7 Å². The van der Waals surface area contributed by atoms with Crippen molar-refractivity contribution in [1.29, 1.82) is 0 Å². The monoisotopic (exact) mass is 319 g/mol. The number of nitrogens with one attached hydrogen (secondary N) is 1. The lowest BCUT2D eigenvalue weighted by Crippen LogP contribution is -2.34. The van der Waals surface area contributed by atoms with Crippen LogP contribution in [-0.2, 0) is 4.74 Å². The quantitative estimate of drug-likeness (QED) is 0.933. The van der Waals surface area contributed by atoms with Gasteiger partial charge in [-0.2, -0.15) is 0 Å². The van der Waals surface area contributed by atoms with Gasteiger partial charge in [0.25, 0.3) is 0 Å². The van der Waals surface area contributed by atoms with Crippen LogP contribution in [0.25, 0.3) is 5.69 Å². The minimum atomic E-state index is -0.592. The number of hydrogen-bond acceptors (Lipinski definition) is 3. The van der Waals surface area contributed by atoms with Gasteiger partial charge in [-0.15, -0.1) is 0 Å². The van der Waals surface area contributed by atoms with Gasteiger partial charge in [0.15, 0.2) is 0 Å².